The number of carbonyl (C=O) groups is 2. The van der Waals surface area contributed by atoms with E-state index in [0.29, 0.717) is 35.8 Å². The minimum absolute atomic E-state index is 0.310. The van der Waals surface area contributed by atoms with Crippen molar-refractivity contribution in [3.05, 3.63) is 23.5 Å². The molecule has 2 fully saturated rings. The van der Waals surface area contributed by atoms with Crippen LogP contribution in [0.1, 0.15) is 5.56 Å². The minimum Gasteiger partial charge on any atom is -0.437 e. The molecule has 2 aliphatic heterocycles. The smallest absolute Gasteiger partial charge is 0.408 e. The van der Waals surface area contributed by atoms with E-state index in [0.717, 1.165) is 4.70 Å². The van der Waals surface area contributed by atoms with E-state index in [2.05, 4.69) is 15.6 Å². The van der Waals surface area contributed by atoms with Crippen LogP contribution in [0.4, 0.5) is 19.1 Å². The standard InChI is InChI=1S/C14H13FN4O3S/c1-7-2-10-9(3-8(7)15)17-11(23-10)18-12(20)19-5-14(6-19)4-16-13(21)22-14/h2-3H,4-6H2,1H3,(H,16,21)(H,17,18,20). The summed E-state index contributed by atoms with van der Waals surface area (Å²) in [4.78, 5) is 29.0. The number of hydrogen-bond acceptors (Lipinski definition) is 5. The van der Waals surface area contributed by atoms with E-state index in [4.69, 9.17) is 4.74 Å². The summed E-state index contributed by atoms with van der Waals surface area (Å²) in [5.41, 5.74) is 0.462. The van der Waals surface area contributed by atoms with E-state index in [1.54, 1.807) is 13.0 Å². The van der Waals surface area contributed by atoms with Gasteiger partial charge in [-0.3, -0.25) is 5.32 Å². The van der Waals surface area contributed by atoms with Crippen LogP contribution in [-0.4, -0.2) is 47.2 Å². The van der Waals surface area contributed by atoms with Gasteiger partial charge in [-0.05, 0) is 18.6 Å². The lowest BCUT2D eigenvalue weighted by molar-refractivity contribution is -0.0483. The Kier molecular flexibility index (Phi) is 2.95. The first-order valence-electron chi connectivity index (χ1n) is 7.04. The zero-order valence-electron chi connectivity index (χ0n) is 12.2. The van der Waals surface area contributed by atoms with Gasteiger partial charge in [0.15, 0.2) is 10.7 Å². The number of ether oxygens (including phenoxy) is 1. The van der Waals surface area contributed by atoms with E-state index in [9.17, 15) is 14.0 Å². The Hall–Kier alpha value is -2.42. The summed E-state index contributed by atoms with van der Waals surface area (Å²) in [6, 6.07) is 2.76. The number of aryl methyl sites for hydroxylation is 1. The number of fused-ring (bicyclic) bond motifs is 1. The van der Waals surface area contributed by atoms with Crippen molar-refractivity contribution in [1.29, 1.82) is 0 Å². The molecular weight excluding hydrogens is 323 g/mol. The maximum atomic E-state index is 13.5. The molecular formula is C14H13FN4O3S. The molecule has 4 rings (SSSR count). The summed E-state index contributed by atoms with van der Waals surface area (Å²) in [5.74, 6) is -0.319. The van der Waals surface area contributed by atoms with Crippen molar-refractivity contribution >= 4 is 38.8 Å². The van der Waals surface area contributed by atoms with Gasteiger partial charge < -0.3 is 15.0 Å². The molecule has 2 aromatic rings. The number of alkyl carbamates (subject to hydrolysis) is 1. The number of thiazole rings is 1. The molecule has 7 nitrogen and oxygen atoms in total. The highest BCUT2D eigenvalue weighted by atomic mass is 32.1. The van der Waals surface area contributed by atoms with Crippen molar-refractivity contribution in [1.82, 2.24) is 15.2 Å². The lowest BCUT2D eigenvalue weighted by Crippen LogP contribution is -2.66. The van der Waals surface area contributed by atoms with E-state index in [1.165, 1.54) is 22.3 Å². The Balaban J connectivity index is 1.44. The number of likely N-dealkylation sites (tertiary alicyclic amines) is 1. The lowest BCUT2D eigenvalue weighted by atomic mass is 9.95. The molecule has 0 unspecified atom stereocenters. The molecule has 0 aliphatic carbocycles. The van der Waals surface area contributed by atoms with Crippen LogP contribution in [0.25, 0.3) is 10.2 Å². The first kappa shape index (κ1) is 14.2. The van der Waals surface area contributed by atoms with Crippen molar-refractivity contribution in [2.45, 2.75) is 12.5 Å². The Morgan fingerprint density at radius 1 is 1.52 bits per heavy atom. The van der Waals surface area contributed by atoms with E-state index in [1.807, 2.05) is 0 Å². The average molecular weight is 336 g/mol. The van der Waals surface area contributed by atoms with Crippen LogP contribution in [0.5, 0.6) is 0 Å². The first-order valence-corrected chi connectivity index (χ1v) is 7.85. The van der Waals surface area contributed by atoms with E-state index >= 15 is 0 Å². The Morgan fingerprint density at radius 3 is 3.00 bits per heavy atom. The normalized spacial score (nSPS) is 18.7. The third-order valence-corrected chi connectivity index (χ3v) is 4.93. The molecule has 0 radical (unpaired) electrons. The van der Waals surface area contributed by atoms with Crippen LogP contribution < -0.4 is 10.6 Å². The molecule has 1 aromatic carbocycles. The molecule has 2 aliphatic rings. The molecule has 0 bridgehead atoms. The van der Waals surface area contributed by atoms with Gasteiger partial charge in [0, 0.05) is 6.07 Å². The molecule has 2 saturated heterocycles. The summed E-state index contributed by atoms with van der Waals surface area (Å²) in [5, 5.41) is 5.70. The van der Waals surface area contributed by atoms with Crippen LogP contribution in [0.15, 0.2) is 12.1 Å². The van der Waals surface area contributed by atoms with Crippen LogP contribution in [-0.2, 0) is 4.74 Å². The molecule has 1 aromatic heterocycles. The van der Waals surface area contributed by atoms with Gasteiger partial charge in [-0.15, -0.1) is 0 Å². The highest BCUT2D eigenvalue weighted by Gasteiger charge is 2.52. The first-order chi connectivity index (χ1) is 10.9. The zero-order chi connectivity index (χ0) is 16.2. The van der Waals surface area contributed by atoms with Crippen LogP contribution >= 0.6 is 11.3 Å². The largest absolute Gasteiger partial charge is 0.437 e. The lowest BCUT2D eigenvalue weighted by Gasteiger charge is -2.44. The molecule has 23 heavy (non-hydrogen) atoms. The molecule has 9 heteroatoms. The van der Waals surface area contributed by atoms with Crippen LogP contribution in [0, 0.1) is 12.7 Å². The fraction of sp³-hybridized carbons (Fsp3) is 0.357. The summed E-state index contributed by atoms with van der Waals surface area (Å²) in [7, 11) is 0. The summed E-state index contributed by atoms with van der Waals surface area (Å²) in [6.07, 6.45) is -0.450. The van der Waals surface area contributed by atoms with Gasteiger partial charge >= 0.3 is 12.1 Å². The number of nitrogens with one attached hydrogen (secondary N) is 2. The average Bonchev–Trinajstić information content (AvgIpc) is 3.01. The monoisotopic (exact) mass is 336 g/mol. The van der Waals surface area contributed by atoms with E-state index < -0.39 is 11.7 Å². The van der Waals surface area contributed by atoms with Gasteiger partial charge in [-0.2, -0.15) is 0 Å². The van der Waals surface area contributed by atoms with Gasteiger partial charge in [-0.1, -0.05) is 11.3 Å². The van der Waals surface area contributed by atoms with Crippen molar-refractivity contribution in [3.8, 4) is 0 Å². The summed E-state index contributed by atoms with van der Waals surface area (Å²) < 4.78 is 19.5. The van der Waals surface area contributed by atoms with Crippen molar-refractivity contribution < 1.29 is 18.7 Å². The molecule has 2 N–H and O–H groups in total. The number of anilines is 1. The van der Waals surface area contributed by atoms with Gasteiger partial charge in [0.1, 0.15) is 5.82 Å². The second kappa shape index (κ2) is 4.79. The van der Waals surface area contributed by atoms with Crippen molar-refractivity contribution in [3.63, 3.8) is 0 Å². The van der Waals surface area contributed by atoms with Gasteiger partial charge in [0.25, 0.3) is 0 Å². The molecule has 0 atom stereocenters. The highest BCUT2D eigenvalue weighted by molar-refractivity contribution is 7.22. The number of amides is 3. The van der Waals surface area contributed by atoms with Crippen molar-refractivity contribution in [2.75, 3.05) is 25.0 Å². The quantitative estimate of drug-likeness (QED) is 0.835. The fourth-order valence-electron chi connectivity index (χ4n) is 2.75. The number of urea groups is 1. The fourth-order valence-corrected chi connectivity index (χ4v) is 3.68. The third kappa shape index (κ3) is 2.37. The zero-order valence-corrected chi connectivity index (χ0v) is 13.0. The number of benzene rings is 1. The number of carbonyl (C=O) groups excluding carboxylic acids is 2. The maximum absolute atomic E-state index is 13.5. The number of rotatable bonds is 1. The molecule has 3 amide bonds. The number of hydrogen-bond donors (Lipinski definition) is 2. The predicted octanol–water partition coefficient (Wildman–Crippen LogP) is 2.07. The minimum atomic E-state index is -0.595. The van der Waals surface area contributed by atoms with Gasteiger partial charge in [-0.25, -0.2) is 19.0 Å². The maximum Gasteiger partial charge on any atom is 0.408 e. The second-order valence-corrected chi connectivity index (χ2v) is 6.83. The Labute approximate surface area is 134 Å². The van der Waals surface area contributed by atoms with Crippen molar-refractivity contribution in [2.24, 2.45) is 0 Å². The predicted molar refractivity (Wildman–Crippen MR) is 82.1 cm³/mol. The number of halogens is 1. The molecule has 1 spiro atoms. The number of nitrogens with zero attached hydrogens (tertiary/aromatic N) is 2. The molecule has 3 heterocycles. The van der Waals surface area contributed by atoms with Gasteiger partial charge in [0.2, 0.25) is 0 Å². The van der Waals surface area contributed by atoms with Crippen LogP contribution in [0.3, 0.4) is 0 Å². The second-order valence-electron chi connectivity index (χ2n) is 5.80. The highest BCUT2D eigenvalue weighted by Crippen LogP contribution is 2.31. The summed E-state index contributed by atoms with van der Waals surface area (Å²) in [6.45, 7) is 2.78. The SMILES string of the molecule is Cc1cc2sc(NC(=O)N3CC4(CNC(=O)O4)C3)nc2cc1F. The summed E-state index contributed by atoms with van der Waals surface area (Å²) >= 11 is 1.29. The topological polar surface area (TPSA) is 83.6 Å². The van der Waals surface area contributed by atoms with Crippen LogP contribution in [0.2, 0.25) is 0 Å². The number of aromatic nitrogens is 1. The van der Waals surface area contributed by atoms with Gasteiger partial charge in [0.05, 0.1) is 29.9 Å². The molecule has 120 valence electrons. The third-order valence-electron chi connectivity index (χ3n) is 3.99. The Bertz CT molecular complexity index is 792. The van der Waals surface area contributed by atoms with E-state index in [-0.39, 0.29) is 11.8 Å². The molecule has 0 saturated carbocycles. The Morgan fingerprint density at radius 2 is 2.30 bits per heavy atom.